The maximum absolute atomic E-state index is 12.9. The van der Waals surface area contributed by atoms with Gasteiger partial charge in [0.2, 0.25) is 0 Å². The van der Waals surface area contributed by atoms with Crippen molar-refractivity contribution in [3.63, 3.8) is 0 Å². The van der Waals surface area contributed by atoms with E-state index in [1.807, 2.05) is 12.1 Å². The Hall–Kier alpha value is -1.05. The van der Waals surface area contributed by atoms with Crippen molar-refractivity contribution < 1.29 is 4.39 Å². The first-order valence-corrected chi connectivity index (χ1v) is 7.47. The molecule has 2 rings (SSSR count). The first-order chi connectivity index (χ1) is 8.95. The minimum Gasteiger partial charge on any atom is -0.382 e. The molecule has 0 amide bonds. The molecule has 1 saturated carbocycles. The van der Waals surface area contributed by atoms with Gasteiger partial charge in [-0.15, -0.1) is 0 Å². The zero-order valence-electron chi connectivity index (χ0n) is 12.4. The van der Waals surface area contributed by atoms with E-state index in [1.165, 1.54) is 44.2 Å². The molecule has 1 nitrogen and oxygen atoms in total. The normalized spacial score (nSPS) is 24.8. The van der Waals surface area contributed by atoms with Crippen LogP contribution >= 0.6 is 0 Å². The SMILES string of the molecule is CC(C)(C)C1CCCC(Nc2ccc(F)cc2)CC1. The second kappa shape index (κ2) is 5.94. The Kier molecular flexibility index (Phi) is 4.49. The average Bonchev–Trinajstić information content (AvgIpc) is 2.57. The molecular formula is C17H26FN. The maximum Gasteiger partial charge on any atom is 0.123 e. The van der Waals surface area contributed by atoms with E-state index in [0.29, 0.717) is 11.5 Å². The van der Waals surface area contributed by atoms with Gasteiger partial charge in [-0.05, 0) is 61.3 Å². The summed E-state index contributed by atoms with van der Waals surface area (Å²) in [6.45, 7) is 7.06. The van der Waals surface area contributed by atoms with Gasteiger partial charge in [-0.3, -0.25) is 0 Å². The smallest absolute Gasteiger partial charge is 0.123 e. The van der Waals surface area contributed by atoms with E-state index >= 15 is 0 Å². The largest absolute Gasteiger partial charge is 0.382 e. The zero-order chi connectivity index (χ0) is 13.9. The van der Waals surface area contributed by atoms with Crippen molar-refractivity contribution in [2.75, 3.05) is 5.32 Å². The Bertz CT molecular complexity index is 391. The molecule has 1 fully saturated rings. The summed E-state index contributed by atoms with van der Waals surface area (Å²) in [6, 6.07) is 7.26. The van der Waals surface area contributed by atoms with Crippen LogP contribution in [0.15, 0.2) is 24.3 Å². The Labute approximate surface area is 116 Å². The van der Waals surface area contributed by atoms with Gasteiger partial charge in [-0.1, -0.05) is 27.2 Å². The molecule has 2 atom stereocenters. The first kappa shape index (κ1) is 14.4. The Morgan fingerprint density at radius 2 is 1.68 bits per heavy atom. The van der Waals surface area contributed by atoms with Gasteiger partial charge in [-0.25, -0.2) is 4.39 Å². The minimum absolute atomic E-state index is 0.167. The molecule has 2 heteroatoms. The van der Waals surface area contributed by atoms with Crippen molar-refractivity contribution in [1.29, 1.82) is 0 Å². The molecule has 106 valence electrons. The van der Waals surface area contributed by atoms with Gasteiger partial charge in [0.1, 0.15) is 5.82 Å². The van der Waals surface area contributed by atoms with Crippen LogP contribution in [0, 0.1) is 17.2 Å². The minimum atomic E-state index is -0.167. The predicted molar refractivity (Wildman–Crippen MR) is 79.8 cm³/mol. The summed E-state index contributed by atoms with van der Waals surface area (Å²) >= 11 is 0. The third-order valence-corrected chi connectivity index (χ3v) is 4.41. The van der Waals surface area contributed by atoms with E-state index in [4.69, 9.17) is 0 Å². The fourth-order valence-corrected chi connectivity index (χ4v) is 3.09. The molecule has 1 aromatic rings. The van der Waals surface area contributed by atoms with E-state index in [1.54, 1.807) is 0 Å². The monoisotopic (exact) mass is 263 g/mol. The van der Waals surface area contributed by atoms with Crippen LogP contribution in [0.4, 0.5) is 10.1 Å². The van der Waals surface area contributed by atoms with Crippen LogP contribution in [-0.2, 0) is 0 Å². The van der Waals surface area contributed by atoms with Crippen LogP contribution in [0.25, 0.3) is 0 Å². The van der Waals surface area contributed by atoms with E-state index in [0.717, 1.165) is 11.6 Å². The molecule has 0 saturated heterocycles. The highest BCUT2D eigenvalue weighted by atomic mass is 19.1. The lowest BCUT2D eigenvalue weighted by Crippen LogP contribution is -2.21. The van der Waals surface area contributed by atoms with E-state index in [2.05, 4.69) is 26.1 Å². The van der Waals surface area contributed by atoms with Crippen molar-refractivity contribution in [3.8, 4) is 0 Å². The molecular weight excluding hydrogens is 237 g/mol. The third-order valence-electron chi connectivity index (χ3n) is 4.41. The van der Waals surface area contributed by atoms with Crippen molar-refractivity contribution in [1.82, 2.24) is 0 Å². The van der Waals surface area contributed by atoms with Gasteiger partial charge in [0.25, 0.3) is 0 Å². The number of benzene rings is 1. The van der Waals surface area contributed by atoms with Gasteiger partial charge in [0, 0.05) is 11.7 Å². The number of hydrogen-bond donors (Lipinski definition) is 1. The zero-order valence-corrected chi connectivity index (χ0v) is 12.4. The molecule has 1 aliphatic carbocycles. The highest BCUT2D eigenvalue weighted by Crippen LogP contribution is 2.37. The van der Waals surface area contributed by atoms with E-state index in [-0.39, 0.29) is 5.82 Å². The average molecular weight is 263 g/mol. The van der Waals surface area contributed by atoms with Crippen molar-refractivity contribution >= 4 is 5.69 Å². The lowest BCUT2D eigenvalue weighted by Gasteiger charge is -2.29. The van der Waals surface area contributed by atoms with Gasteiger partial charge < -0.3 is 5.32 Å². The number of anilines is 1. The van der Waals surface area contributed by atoms with E-state index < -0.39 is 0 Å². The van der Waals surface area contributed by atoms with Crippen LogP contribution in [0.2, 0.25) is 0 Å². The second-order valence-corrected chi connectivity index (χ2v) is 6.92. The van der Waals surface area contributed by atoms with Gasteiger partial charge in [-0.2, -0.15) is 0 Å². The van der Waals surface area contributed by atoms with Crippen LogP contribution in [0.3, 0.4) is 0 Å². The summed E-state index contributed by atoms with van der Waals surface area (Å²) in [5.74, 6) is 0.659. The van der Waals surface area contributed by atoms with Crippen LogP contribution in [0.1, 0.15) is 52.9 Å². The van der Waals surface area contributed by atoms with Gasteiger partial charge in [0.05, 0.1) is 0 Å². The quantitative estimate of drug-likeness (QED) is 0.720. The molecule has 0 heterocycles. The van der Waals surface area contributed by atoms with Crippen molar-refractivity contribution in [3.05, 3.63) is 30.1 Å². The highest BCUT2D eigenvalue weighted by Gasteiger charge is 2.27. The Balaban J connectivity index is 1.91. The summed E-state index contributed by atoms with van der Waals surface area (Å²) in [5, 5.41) is 3.55. The molecule has 0 aliphatic heterocycles. The Morgan fingerprint density at radius 1 is 1.00 bits per heavy atom. The second-order valence-electron chi connectivity index (χ2n) is 6.92. The summed E-state index contributed by atoms with van der Waals surface area (Å²) in [7, 11) is 0. The van der Waals surface area contributed by atoms with Gasteiger partial charge >= 0.3 is 0 Å². The molecule has 0 radical (unpaired) electrons. The lowest BCUT2D eigenvalue weighted by atomic mass is 9.76. The molecule has 1 aliphatic rings. The standard InChI is InChI=1S/C17H26FN/c1-17(2,3)13-5-4-6-15(10-7-13)19-16-11-8-14(18)9-12-16/h8-9,11-13,15,19H,4-7,10H2,1-3H3. The number of rotatable bonds is 2. The van der Waals surface area contributed by atoms with Gasteiger partial charge in [0.15, 0.2) is 0 Å². The fourth-order valence-electron chi connectivity index (χ4n) is 3.09. The number of nitrogens with one attached hydrogen (secondary N) is 1. The maximum atomic E-state index is 12.9. The molecule has 1 N–H and O–H groups in total. The molecule has 1 aromatic carbocycles. The van der Waals surface area contributed by atoms with Crippen LogP contribution < -0.4 is 5.32 Å². The molecule has 0 spiro atoms. The summed E-state index contributed by atoms with van der Waals surface area (Å²) < 4.78 is 12.9. The molecule has 0 bridgehead atoms. The lowest BCUT2D eigenvalue weighted by molar-refractivity contribution is 0.214. The number of halogens is 1. The third kappa shape index (κ3) is 4.22. The predicted octanol–water partition coefficient (Wildman–Crippen LogP) is 5.23. The molecule has 0 aromatic heterocycles. The molecule has 19 heavy (non-hydrogen) atoms. The topological polar surface area (TPSA) is 12.0 Å². The summed E-state index contributed by atoms with van der Waals surface area (Å²) in [5.41, 5.74) is 1.46. The van der Waals surface area contributed by atoms with Crippen molar-refractivity contribution in [2.24, 2.45) is 11.3 Å². The van der Waals surface area contributed by atoms with E-state index in [9.17, 15) is 4.39 Å². The fraction of sp³-hybridized carbons (Fsp3) is 0.647. The Morgan fingerprint density at radius 3 is 2.32 bits per heavy atom. The first-order valence-electron chi connectivity index (χ1n) is 7.47. The number of hydrogen-bond acceptors (Lipinski definition) is 1. The van der Waals surface area contributed by atoms with Crippen molar-refractivity contribution in [2.45, 2.75) is 58.9 Å². The summed E-state index contributed by atoms with van der Waals surface area (Å²) in [6.07, 6.45) is 6.37. The summed E-state index contributed by atoms with van der Waals surface area (Å²) in [4.78, 5) is 0. The highest BCUT2D eigenvalue weighted by molar-refractivity contribution is 5.43. The van der Waals surface area contributed by atoms with Crippen LogP contribution in [-0.4, -0.2) is 6.04 Å². The molecule has 2 unspecified atom stereocenters. The van der Waals surface area contributed by atoms with Crippen LogP contribution in [0.5, 0.6) is 0 Å².